The van der Waals surface area contributed by atoms with E-state index in [0.717, 1.165) is 37.5 Å². The zero-order valence-electron chi connectivity index (χ0n) is 10.2. The van der Waals surface area contributed by atoms with Crippen LogP contribution in [0.5, 0.6) is 0 Å². The number of aliphatic carboxylic acids is 1. The average Bonchev–Trinajstić information content (AvgIpc) is 2.27. The van der Waals surface area contributed by atoms with Crippen molar-refractivity contribution in [2.45, 2.75) is 37.6 Å². The molecule has 4 bridgehead atoms. The Morgan fingerprint density at radius 1 is 1.24 bits per heavy atom. The quantitative estimate of drug-likeness (QED) is 0.733. The maximum absolute atomic E-state index is 11.8. The molecule has 0 heterocycles. The summed E-state index contributed by atoms with van der Waals surface area (Å²) in [5.41, 5.74) is -0.651. The van der Waals surface area contributed by atoms with Gasteiger partial charge in [0.05, 0.1) is 0 Å². The van der Waals surface area contributed by atoms with Gasteiger partial charge in [0.15, 0.2) is 0 Å². The maximum atomic E-state index is 11.8. The van der Waals surface area contributed by atoms with Gasteiger partial charge in [0.1, 0.15) is 5.54 Å². The molecule has 0 amide bonds. The molecule has 3 nitrogen and oxygen atoms in total. The van der Waals surface area contributed by atoms with Crippen LogP contribution in [0.2, 0.25) is 0 Å². The lowest BCUT2D eigenvalue weighted by Crippen LogP contribution is -2.69. The van der Waals surface area contributed by atoms with Crippen molar-refractivity contribution in [1.82, 2.24) is 5.32 Å². The summed E-state index contributed by atoms with van der Waals surface area (Å²) < 4.78 is 0. The molecule has 0 aliphatic heterocycles. The van der Waals surface area contributed by atoms with Crippen LogP contribution in [-0.4, -0.2) is 23.2 Å². The van der Waals surface area contributed by atoms with E-state index in [0.29, 0.717) is 18.4 Å². The minimum atomic E-state index is -0.651. The van der Waals surface area contributed by atoms with E-state index >= 15 is 0 Å². The van der Waals surface area contributed by atoms with E-state index < -0.39 is 11.5 Å². The Morgan fingerprint density at radius 3 is 2.18 bits per heavy atom. The Bertz CT molecular complexity index is 322. The van der Waals surface area contributed by atoms with Crippen LogP contribution in [0, 0.1) is 23.7 Å². The van der Waals surface area contributed by atoms with E-state index in [1.54, 1.807) is 6.08 Å². The molecule has 94 valence electrons. The summed E-state index contributed by atoms with van der Waals surface area (Å²) >= 11 is 0. The number of rotatable bonds is 4. The standard InChI is InChI=1S/C14H21NO2/c1-2-3-15-14(13(16)17)11-5-9-4-10(7-11)8-12(14)6-9/h2,9-12,15H,1,3-8H2,(H,16,17). The monoisotopic (exact) mass is 235 g/mol. The normalized spacial score (nSPS) is 47.1. The molecule has 0 aromatic rings. The number of hydrogen-bond donors (Lipinski definition) is 2. The minimum absolute atomic E-state index is 0.344. The molecule has 0 saturated heterocycles. The largest absolute Gasteiger partial charge is 0.480 e. The average molecular weight is 235 g/mol. The van der Waals surface area contributed by atoms with Gasteiger partial charge >= 0.3 is 5.97 Å². The van der Waals surface area contributed by atoms with Crippen molar-refractivity contribution < 1.29 is 9.90 Å². The van der Waals surface area contributed by atoms with Gasteiger partial charge < -0.3 is 5.11 Å². The van der Waals surface area contributed by atoms with Crippen LogP contribution >= 0.6 is 0 Å². The van der Waals surface area contributed by atoms with Crippen molar-refractivity contribution in [3.63, 3.8) is 0 Å². The van der Waals surface area contributed by atoms with E-state index in [9.17, 15) is 9.90 Å². The molecule has 2 N–H and O–H groups in total. The molecule has 17 heavy (non-hydrogen) atoms. The molecule has 0 aromatic carbocycles. The Labute approximate surface area is 102 Å². The number of nitrogens with one attached hydrogen (secondary N) is 1. The van der Waals surface area contributed by atoms with Crippen LogP contribution in [-0.2, 0) is 4.79 Å². The lowest BCUT2D eigenvalue weighted by atomic mass is 9.48. The van der Waals surface area contributed by atoms with E-state index in [1.165, 1.54) is 6.42 Å². The number of carbonyl (C=O) groups is 1. The number of carboxylic acid groups (broad SMARTS) is 1. The van der Waals surface area contributed by atoms with Crippen molar-refractivity contribution in [3.05, 3.63) is 12.7 Å². The summed E-state index contributed by atoms with van der Waals surface area (Å²) in [5, 5.41) is 13.0. The first-order valence-corrected chi connectivity index (χ1v) is 6.76. The van der Waals surface area contributed by atoms with Crippen molar-refractivity contribution in [1.29, 1.82) is 0 Å². The van der Waals surface area contributed by atoms with E-state index in [4.69, 9.17) is 0 Å². The maximum Gasteiger partial charge on any atom is 0.324 e. The Morgan fingerprint density at radius 2 is 1.76 bits per heavy atom. The lowest BCUT2D eigenvalue weighted by molar-refractivity contribution is -0.164. The van der Waals surface area contributed by atoms with Crippen molar-refractivity contribution >= 4 is 5.97 Å². The van der Waals surface area contributed by atoms with Crippen LogP contribution in [0.15, 0.2) is 12.7 Å². The molecule has 4 fully saturated rings. The van der Waals surface area contributed by atoms with Crippen LogP contribution < -0.4 is 5.32 Å². The summed E-state index contributed by atoms with van der Waals surface area (Å²) in [7, 11) is 0. The molecular weight excluding hydrogens is 214 g/mol. The smallest absolute Gasteiger partial charge is 0.324 e. The van der Waals surface area contributed by atoms with Crippen molar-refractivity contribution in [2.75, 3.05) is 6.54 Å². The summed E-state index contributed by atoms with van der Waals surface area (Å²) in [5.74, 6) is 1.66. The van der Waals surface area contributed by atoms with Crippen LogP contribution in [0.1, 0.15) is 32.1 Å². The van der Waals surface area contributed by atoms with E-state index in [-0.39, 0.29) is 0 Å². The molecular formula is C14H21NO2. The first-order chi connectivity index (χ1) is 8.16. The number of hydrogen-bond acceptors (Lipinski definition) is 2. The molecule has 4 aliphatic carbocycles. The van der Waals surface area contributed by atoms with Crippen LogP contribution in [0.4, 0.5) is 0 Å². The van der Waals surface area contributed by atoms with Gasteiger partial charge in [-0.15, -0.1) is 6.58 Å². The fraction of sp³-hybridized carbons (Fsp3) is 0.786. The SMILES string of the molecule is C=CCNC1(C(=O)O)C2CC3CC(C2)CC1C3. The molecule has 4 rings (SSSR count). The molecule has 0 spiro atoms. The van der Waals surface area contributed by atoms with Gasteiger partial charge in [-0.25, -0.2) is 0 Å². The van der Waals surface area contributed by atoms with Gasteiger partial charge in [0, 0.05) is 6.54 Å². The summed E-state index contributed by atoms with van der Waals surface area (Å²) in [6.07, 6.45) is 7.58. The molecule has 0 aromatic heterocycles. The minimum Gasteiger partial charge on any atom is -0.480 e. The van der Waals surface area contributed by atoms with Gasteiger partial charge in [-0.3, -0.25) is 10.1 Å². The predicted molar refractivity (Wildman–Crippen MR) is 65.6 cm³/mol. The van der Waals surface area contributed by atoms with E-state index in [1.807, 2.05) is 0 Å². The molecule has 4 aliphatic rings. The second-order valence-electron chi connectivity index (χ2n) is 6.15. The van der Waals surface area contributed by atoms with Gasteiger partial charge in [-0.1, -0.05) is 6.08 Å². The predicted octanol–water partition coefficient (Wildman–Crippen LogP) is 2.04. The first kappa shape index (κ1) is 11.3. The Hall–Kier alpha value is -0.830. The summed E-state index contributed by atoms with van der Waals surface area (Å²) in [4.78, 5) is 11.8. The third-order valence-corrected chi connectivity index (χ3v) is 5.32. The van der Waals surface area contributed by atoms with Crippen molar-refractivity contribution in [2.24, 2.45) is 23.7 Å². The number of carboxylic acids is 1. The third kappa shape index (κ3) is 1.48. The third-order valence-electron chi connectivity index (χ3n) is 5.32. The Kier molecular flexibility index (Phi) is 2.54. The van der Waals surface area contributed by atoms with Gasteiger partial charge in [-0.2, -0.15) is 0 Å². The van der Waals surface area contributed by atoms with Crippen LogP contribution in [0.25, 0.3) is 0 Å². The molecule has 3 heteroatoms. The fourth-order valence-corrected chi connectivity index (χ4v) is 4.88. The fourth-order valence-electron chi connectivity index (χ4n) is 4.88. The van der Waals surface area contributed by atoms with Crippen molar-refractivity contribution in [3.8, 4) is 0 Å². The molecule has 0 radical (unpaired) electrons. The molecule has 0 unspecified atom stereocenters. The van der Waals surface area contributed by atoms with Gasteiger partial charge in [0.2, 0.25) is 0 Å². The highest BCUT2D eigenvalue weighted by Crippen LogP contribution is 2.58. The second-order valence-corrected chi connectivity index (χ2v) is 6.15. The molecule has 4 saturated carbocycles. The summed E-state index contributed by atoms with van der Waals surface area (Å²) in [6.45, 7) is 4.30. The zero-order chi connectivity index (χ0) is 12.0. The van der Waals surface area contributed by atoms with Crippen LogP contribution in [0.3, 0.4) is 0 Å². The van der Waals surface area contributed by atoms with E-state index in [2.05, 4.69) is 11.9 Å². The highest BCUT2D eigenvalue weighted by Gasteiger charge is 2.60. The van der Waals surface area contributed by atoms with Gasteiger partial charge in [-0.05, 0) is 55.8 Å². The highest BCUT2D eigenvalue weighted by atomic mass is 16.4. The second kappa shape index (κ2) is 3.84. The Balaban J connectivity index is 1.92. The molecule has 0 atom stereocenters. The first-order valence-electron chi connectivity index (χ1n) is 6.76. The lowest BCUT2D eigenvalue weighted by Gasteiger charge is -2.59. The zero-order valence-corrected chi connectivity index (χ0v) is 10.2. The topological polar surface area (TPSA) is 49.3 Å². The highest BCUT2D eigenvalue weighted by molar-refractivity contribution is 5.80. The van der Waals surface area contributed by atoms with Gasteiger partial charge in [0.25, 0.3) is 0 Å². The summed E-state index contributed by atoms with van der Waals surface area (Å²) in [6, 6.07) is 0.